The number of nitrogens with two attached hydrogens (primary N) is 1. The van der Waals surface area contributed by atoms with Crippen molar-refractivity contribution in [1.29, 1.82) is 0 Å². The van der Waals surface area contributed by atoms with Gasteiger partial charge in [0.15, 0.2) is 5.82 Å². The van der Waals surface area contributed by atoms with Crippen LogP contribution in [-0.4, -0.2) is 59.5 Å². The standard InChI is InChI=1S/C16H29N5O2.2ClH/c1-6-23-12-11-16(17,15(12,2)3)14(22)18-13-7-8-21(19-13)10-9-20(4)5;;/h7-8,12H,6,9-11,17H2,1-5H3,(H,18,19,22);2*1H. The summed E-state index contributed by atoms with van der Waals surface area (Å²) in [6.07, 6.45) is 2.40. The Hall–Kier alpha value is -0.860. The molecule has 0 radical (unpaired) electrons. The second-order valence-electron chi connectivity index (χ2n) is 7.06. The highest BCUT2D eigenvalue weighted by molar-refractivity contribution is 5.99. The number of carbonyl (C=O) groups is 1. The third kappa shape index (κ3) is 4.86. The van der Waals surface area contributed by atoms with E-state index in [2.05, 4.69) is 15.3 Å². The van der Waals surface area contributed by atoms with Gasteiger partial charge in [0.05, 0.1) is 12.6 Å². The van der Waals surface area contributed by atoms with E-state index in [1.54, 1.807) is 6.07 Å². The van der Waals surface area contributed by atoms with Crippen LogP contribution in [0.5, 0.6) is 0 Å². The SMILES string of the molecule is CCOC1CC(N)(C(=O)Nc2ccn(CCN(C)C)n2)C1(C)C.Cl.Cl. The predicted octanol–water partition coefficient (Wildman–Crippen LogP) is 1.76. The Kier molecular flexibility index (Phi) is 8.87. The first-order valence-electron chi connectivity index (χ1n) is 8.11. The fourth-order valence-electron chi connectivity index (χ4n) is 2.90. The molecule has 1 amide bonds. The van der Waals surface area contributed by atoms with Gasteiger partial charge in [0.1, 0.15) is 5.54 Å². The van der Waals surface area contributed by atoms with Crippen molar-refractivity contribution in [3.8, 4) is 0 Å². The van der Waals surface area contributed by atoms with E-state index >= 15 is 0 Å². The lowest BCUT2D eigenvalue weighted by molar-refractivity contribution is -0.166. The van der Waals surface area contributed by atoms with Crippen LogP contribution in [0.25, 0.3) is 0 Å². The van der Waals surface area contributed by atoms with Crippen LogP contribution in [-0.2, 0) is 16.1 Å². The molecule has 0 bridgehead atoms. The van der Waals surface area contributed by atoms with Gasteiger partial charge in [-0.15, -0.1) is 24.8 Å². The summed E-state index contributed by atoms with van der Waals surface area (Å²) in [6, 6.07) is 1.79. The van der Waals surface area contributed by atoms with Crippen LogP contribution in [0.4, 0.5) is 5.82 Å². The largest absolute Gasteiger partial charge is 0.378 e. The molecule has 1 aliphatic rings. The number of likely N-dealkylation sites (N-methyl/N-ethyl adjacent to an activating group) is 1. The number of rotatable bonds is 7. The summed E-state index contributed by atoms with van der Waals surface area (Å²) in [7, 11) is 4.02. The number of hydrogen-bond acceptors (Lipinski definition) is 5. The highest BCUT2D eigenvalue weighted by Gasteiger charge is 2.62. The Labute approximate surface area is 162 Å². The van der Waals surface area contributed by atoms with Crippen molar-refractivity contribution in [1.82, 2.24) is 14.7 Å². The van der Waals surface area contributed by atoms with Gasteiger partial charge in [-0.05, 0) is 21.0 Å². The minimum absolute atomic E-state index is 0. The molecular weight excluding hydrogens is 365 g/mol. The molecule has 1 aromatic rings. The number of aromatic nitrogens is 2. The molecule has 25 heavy (non-hydrogen) atoms. The fourth-order valence-corrected chi connectivity index (χ4v) is 2.90. The first-order chi connectivity index (χ1) is 10.7. The Morgan fingerprint density at radius 2 is 2.12 bits per heavy atom. The molecule has 2 unspecified atom stereocenters. The van der Waals surface area contributed by atoms with Crippen LogP contribution in [0, 0.1) is 5.41 Å². The molecule has 1 aromatic heterocycles. The summed E-state index contributed by atoms with van der Waals surface area (Å²) in [5.41, 5.74) is 5.03. The van der Waals surface area contributed by atoms with Crippen LogP contribution in [0.3, 0.4) is 0 Å². The second-order valence-corrected chi connectivity index (χ2v) is 7.06. The second kappa shape index (κ2) is 9.19. The van der Waals surface area contributed by atoms with Crippen molar-refractivity contribution in [2.45, 2.75) is 45.4 Å². The number of ether oxygens (including phenoxy) is 1. The van der Waals surface area contributed by atoms with E-state index in [0.29, 0.717) is 18.8 Å². The van der Waals surface area contributed by atoms with Crippen LogP contribution in [0.1, 0.15) is 27.2 Å². The molecule has 1 fully saturated rings. The summed E-state index contributed by atoms with van der Waals surface area (Å²) in [6.45, 7) is 8.20. The Morgan fingerprint density at radius 3 is 2.64 bits per heavy atom. The Morgan fingerprint density at radius 1 is 1.48 bits per heavy atom. The average Bonchev–Trinajstić information content (AvgIpc) is 2.92. The minimum atomic E-state index is -0.930. The van der Waals surface area contributed by atoms with Gasteiger partial charge in [0.25, 0.3) is 0 Å². The molecule has 1 aliphatic carbocycles. The summed E-state index contributed by atoms with van der Waals surface area (Å²) in [4.78, 5) is 14.7. The van der Waals surface area contributed by atoms with E-state index < -0.39 is 11.0 Å². The van der Waals surface area contributed by atoms with E-state index in [1.165, 1.54) is 0 Å². The summed E-state index contributed by atoms with van der Waals surface area (Å²) in [5, 5.41) is 7.21. The van der Waals surface area contributed by atoms with E-state index in [-0.39, 0.29) is 36.8 Å². The zero-order valence-corrected chi connectivity index (χ0v) is 17.2. The number of amides is 1. The summed E-state index contributed by atoms with van der Waals surface area (Å²) < 4.78 is 7.48. The zero-order chi connectivity index (χ0) is 17.3. The number of nitrogens with zero attached hydrogens (tertiary/aromatic N) is 3. The maximum atomic E-state index is 12.6. The van der Waals surface area contributed by atoms with E-state index in [0.717, 1.165) is 13.1 Å². The molecule has 1 heterocycles. The molecule has 2 rings (SSSR count). The first-order valence-corrected chi connectivity index (χ1v) is 8.11. The monoisotopic (exact) mass is 395 g/mol. The normalized spacial score (nSPS) is 24.0. The van der Waals surface area contributed by atoms with Gasteiger partial charge in [0, 0.05) is 37.3 Å². The molecule has 7 nitrogen and oxygen atoms in total. The van der Waals surface area contributed by atoms with Crippen molar-refractivity contribution in [3.05, 3.63) is 12.3 Å². The van der Waals surface area contributed by atoms with Crippen LogP contribution in [0.15, 0.2) is 12.3 Å². The van der Waals surface area contributed by atoms with Crippen LogP contribution < -0.4 is 11.1 Å². The lowest BCUT2D eigenvalue weighted by atomic mass is 9.54. The van der Waals surface area contributed by atoms with Crippen LogP contribution >= 0.6 is 24.8 Å². The van der Waals surface area contributed by atoms with Gasteiger partial charge < -0.3 is 20.7 Å². The van der Waals surface area contributed by atoms with E-state index in [9.17, 15) is 4.79 Å². The number of hydrogen-bond donors (Lipinski definition) is 2. The van der Waals surface area contributed by atoms with Gasteiger partial charge in [-0.25, -0.2) is 0 Å². The molecule has 0 aromatic carbocycles. The summed E-state index contributed by atoms with van der Waals surface area (Å²) >= 11 is 0. The number of nitrogens with one attached hydrogen (secondary N) is 1. The number of carbonyl (C=O) groups excluding carboxylic acids is 1. The van der Waals surface area contributed by atoms with Gasteiger partial charge in [-0.3, -0.25) is 9.48 Å². The van der Waals surface area contributed by atoms with E-state index in [1.807, 2.05) is 45.7 Å². The molecule has 9 heteroatoms. The quantitative estimate of drug-likeness (QED) is 0.734. The van der Waals surface area contributed by atoms with Crippen LogP contribution in [0.2, 0.25) is 0 Å². The molecule has 3 N–H and O–H groups in total. The van der Waals surface area contributed by atoms with E-state index in [4.69, 9.17) is 10.5 Å². The van der Waals surface area contributed by atoms with Crippen molar-refractivity contribution >= 4 is 36.5 Å². The number of halogens is 2. The maximum Gasteiger partial charge on any atom is 0.246 e. The molecule has 0 aliphatic heterocycles. The highest BCUT2D eigenvalue weighted by atomic mass is 35.5. The first kappa shape index (κ1) is 24.1. The van der Waals surface area contributed by atoms with Gasteiger partial charge in [-0.2, -0.15) is 5.10 Å². The molecule has 1 saturated carbocycles. The molecule has 2 atom stereocenters. The van der Waals surface area contributed by atoms with Crippen molar-refractivity contribution in [2.75, 3.05) is 32.6 Å². The van der Waals surface area contributed by atoms with Crippen molar-refractivity contribution in [3.63, 3.8) is 0 Å². The van der Waals surface area contributed by atoms with Gasteiger partial charge in [0.2, 0.25) is 5.91 Å². The van der Waals surface area contributed by atoms with Crippen molar-refractivity contribution < 1.29 is 9.53 Å². The Balaban J connectivity index is 0.00000288. The third-order valence-corrected chi connectivity index (χ3v) is 4.89. The van der Waals surface area contributed by atoms with Gasteiger partial charge in [-0.1, -0.05) is 13.8 Å². The number of anilines is 1. The molecule has 0 spiro atoms. The van der Waals surface area contributed by atoms with Crippen molar-refractivity contribution in [2.24, 2.45) is 11.1 Å². The molecular formula is C16H31Cl2N5O2. The lowest BCUT2D eigenvalue weighted by Gasteiger charge is -2.57. The Bertz CT molecular complexity index is 564. The average molecular weight is 396 g/mol. The topological polar surface area (TPSA) is 85.4 Å². The highest BCUT2D eigenvalue weighted by Crippen LogP contribution is 2.50. The molecule has 146 valence electrons. The fraction of sp³-hybridized carbons (Fsp3) is 0.750. The third-order valence-electron chi connectivity index (χ3n) is 4.89. The maximum absolute atomic E-state index is 12.6. The predicted molar refractivity (Wildman–Crippen MR) is 105 cm³/mol. The smallest absolute Gasteiger partial charge is 0.246 e. The van der Waals surface area contributed by atoms with Gasteiger partial charge >= 0.3 is 0 Å². The minimum Gasteiger partial charge on any atom is -0.378 e. The zero-order valence-electron chi connectivity index (χ0n) is 15.6. The lowest BCUT2D eigenvalue weighted by Crippen LogP contribution is -2.74. The molecule has 0 saturated heterocycles. The summed E-state index contributed by atoms with van der Waals surface area (Å²) in [5.74, 6) is 0.338.